The molecule has 1 aliphatic carbocycles. The van der Waals surface area contributed by atoms with Gasteiger partial charge in [-0.2, -0.15) is 15.0 Å². The van der Waals surface area contributed by atoms with Crippen LogP contribution in [0.1, 0.15) is 51.4 Å². The van der Waals surface area contributed by atoms with E-state index in [4.69, 9.17) is 9.47 Å². The maximum absolute atomic E-state index is 14.1. The summed E-state index contributed by atoms with van der Waals surface area (Å²) in [4.78, 5) is 13.7. The Morgan fingerprint density at radius 3 is 2.10 bits per heavy atom. The van der Waals surface area contributed by atoms with Crippen LogP contribution in [0.2, 0.25) is 0 Å². The molecule has 168 valence electrons. The van der Waals surface area contributed by atoms with Crippen LogP contribution < -0.4 is 20.7 Å². The average Bonchev–Trinajstić information content (AvgIpc) is 3.03. The first-order valence-electron chi connectivity index (χ1n) is 11.2. The average molecular weight is 431 g/mol. The number of methoxy groups -OCH3 is 1. The minimum Gasteiger partial charge on any atom is -0.494 e. The standard InChI is InChI=1S/C22H31FN6O2/c1-30-19-9-8-17(14-18(19)23)26-22-28-20(24-15-6-4-2-3-5-7-15)27-21(29-22)25-16-10-12-31-13-11-16/h8-9,14-16H,2-7,10-13H2,1H3,(H3,24,25,26,27,28,29). The third kappa shape index (κ3) is 6.16. The lowest BCUT2D eigenvalue weighted by atomic mass is 10.1. The third-order valence-electron chi connectivity index (χ3n) is 5.79. The van der Waals surface area contributed by atoms with Gasteiger partial charge in [-0.25, -0.2) is 4.39 Å². The Hall–Kier alpha value is -2.68. The van der Waals surface area contributed by atoms with Crippen molar-refractivity contribution in [1.29, 1.82) is 0 Å². The number of rotatable bonds is 7. The molecule has 2 aromatic rings. The second kappa shape index (κ2) is 10.6. The largest absolute Gasteiger partial charge is 0.494 e. The molecule has 1 saturated heterocycles. The van der Waals surface area contributed by atoms with Gasteiger partial charge in [0.05, 0.1) is 7.11 Å². The lowest BCUT2D eigenvalue weighted by molar-refractivity contribution is 0.0903. The minimum absolute atomic E-state index is 0.193. The van der Waals surface area contributed by atoms with Crippen molar-refractivity contribution in [3.05, 3.63) is 24.0 Å². The van der Waals surface area contributed by atoms with Crippen LogP contribution in [0, 0.1) is 5.82 Å². The van der Waals surface area contributed by atoms with Crippen LogP contribution >= 0.6 is 0 Å². The highest BCUT2D eigenvalue weighted by Gasteiger charge is 2.18. The molecule has 1 saturated carbocycles. The molecule has 0 spiro atoms. The molecule has 2 heterocycles. The summed E-state index contributed by atoms with van der Waals surface area (Å²) in [6, 6.07) is 5.28. The van der Waals surface area contributed by atoms with Crippen molar-refractivity contribution >= 4 is 23.5 Å². The van der Waals surface area contributed by atoms with Crippen LogP contribution in [-0.2, 0) is 4.74 Å². The van der Waals surface area contributed by atoms with Crippen molar-refractivity contribution in [2.45, 2.75) is 63.5 Å². The van der Waals surface area contributed by atoms with E-state index in [0.717, 1.165) is 38.9 Å². The number of nitrogens with one attached hydrogen (secondary N) is 3. The summed E-state index contributed by atoms with van der Waals surface area (Å²) >= 11 is 0. The van der Waals surface area contributed by atoms with Crippen molar-refractivity contribution in [2.24, 2.45) is 0 Å². The molecule has 31 heavy (non-hydrogen) atoms. The Morgan fingerprint density at radius 1 is 0.871 bits per heavy atom. The summed E-state index contributed by atoms with van der Waals surface area (Å²) in [7, 11) is 1.44. The van der Waals surface area contributed by atoms with Crippen molar-refractivity contribution in [3.63, 3.8) is 0 Å². The topological polar surface area (TPSA) is 93.2 Å². The lowest BCUT2D eigenvalue weighted by Gasteiger charge is -2.24. The Bertz CT molecular complexity index is 854. The number of ether oxygens (including phenoxy) is 2. The van der Waals surface area contributed by atoms with Crippen molar-refractivity contribution < 1.29 is 13.9 Å². The number of benzene rings is 1. The first kappa shape index (κ1) is 21.5. The SMILES string of the molecule is COc1ccc(Nc2nc(NC3CCCCCC3)nc(NC3CCOCC3)n2)cc1F. The van der Waals surface area contributed by atoms with E-state index in [1.165, 1.54) is 38.9 Å². The van der Waals surface area contributed by atoms with Crippen molar-refractivity contribution in [3.8, 4) is 5.75 Å². The number of halogens is 1. The highest BCUT2D eigenvalue weighted by atomic mass is 19.1. The highest BCUT2D eigenvalue weighted by molar-refractivity contribution is 5.57. The molecule has 1 aromatic carbocycles. The quantitative estimate of drug-likeness (QED) is 0.554. The monoisotopic (exact) mass is 430 g/mol. The van der Waals surface area contributed by atoms with Crippen LogP contribution in [0.5, 0.6) is 5.75 Å². The molecule has 1 aliphatic heterocycles. The van der Waals surface area contributed by atoms with Crippen LogP contribution in [-0.4, -0.2) is 47.4 Å². The van der Waals surface area contributed by atoms with E-state index in [9.17, 15) is 4.39 Å². The molecule has 8 nitrogen and oxygen atoms in total. The maximum atomic E-state index is 14.1. The van der Waals surface area contributed by atoms with Gasteiger partial charge < -0.3 is 25.4 Å². The van der Waals surface area contributed by atoms with Gasteiger partial charge in [0.25, 0.3) is 0 Å². The molecule has 0 radical (unpaired) electrons. The van der Waals surface area contributed by atoms with E-state index < -0.39 is 5.82 Å². The zero-order valence-electron chi connectivity index (χ0n) is 18.0. The summed E-state index contributed by atoms with van der Waals surface area (Å²) in [6.07, 6.45) is 9.02. The molecule has 0 amide bonds. The van der Waals surface area contributed by atoms with E-state index in [-0.39, 0.29) is 11.8 Å². The van der Waals surface area contributed by atoms with Gasteiger partial charge in [-0.3, -0.25) is 0 Å². The third-order valence-corrected chi connectivity index (χ3v) is 5.79. The van der Waals surface area contributed by atoms with Gasteiger partial charge in [-0.1, -0.05) is 25.7 Å². The zero-order chi connectivity index (χ0) is 21.5. The first-order chi connectivity index (χ1) is 15.2. The number of hydrogen-bond acceptors (Lipinski definition) is 8. The molecule has 0 unspecified atom stereocenters. The molecule has 2 aliphatic rings. The first-order valence-corrected chi connectivity index (χ1v) is 11.2. The molecular weight excluding hydrogens is 399 g/mol. The van der Waals surface area contributed by atoms with E-state index in [1.54, 1.807) is 12.1 Å². The number of anilines is 4. The summed E-state index contributed by atoms with van der Waals surface area (Å²) < 4.78 is 24.5. The molecule has 0 atom stereocenters. The molecule has 1 aromatic heterocycles. The highest BCUT2D eigenvalue weighted by Crippen LogP contribution is 2.25. The summed E-state index contributed by atoms with van der Waals surface area (Å²) in [6.45, 7) is 1.46. The smallest absolute Gasteiger partial charge is 0.233 e. The van der Waals surface area contributed by atoms with Crippen LogP contribution in [0.15, 0.2) is 18.2 Å². The van der Waals surface area contributed by atoms with Crippen LogP contribution in [0.25, 0.3) is 0 Å². The Balaban J connectivity index is 1.54. The van der Waals surface area contributed by atoms with Crippen molar-refractivity contribution in [2.75, 3.05) is 36.3 Å². The summed E-state index contributed by atoms with van der Waals surface area (Å²) in [5, 5.41) is 10.0. The Kier molecular flexibility index (Phi) is 7.35. The van der Waals surface area contributed by atoms with Gasteiger partial charge in [-0.15, -0.1) is 0 Å². The van der Waals surface area contributed by atoms with Gasteiger partial charge in [0, 0.05) is 37.1 Å². The van der Waals surface area contributed by atoms with E-state index in [0.29, 0.717) is 29.6 Å². The second-order valence-electron chi connectivity index (χ2n) is 8.14. The number of hydrogen-bond donors (Lipinski definition) is 3. The summed E-state index contributed by atoms with van der Waals surface area (Å²) in [5.41, 5.74) is 0.543. The predicted octanol–water partition coefficient (Wildman–Crippen LogP) is 4.49. The van der Waals surface area contributed by atoms with Crippen molar-refractivity contribution in [1.82, 2.24) is 15.0 Å². The van der Waals surface area contributed by atoms with Gasteiger partial charge in [-0.05, 0) is 37.8 Å². The molecule has 2 fully saturated rings. The summed E-state index contributed by atoms with van der Waals surface area (Å²) in [5.74, 6) is 1.16. The van der Waals surface area contributed by atoms with E-state index >= 15 is 0 Å². The fourth-order valence-corrected chi connectivity index (χ4v) is 4.06. The van der Waals surface area contributed by atoms with E-state index in [1.807, 2.05) is 0 Å². The molecule has 4 rings (SSSR count). The van der Waals surface area contributed by atoms with Gasteiger partial charge in [0.15, 0.2) is 11.6 Å². The lowest BCUT2D eigenvalue weighted by Crippen LogP contribution is -2.29. The van der Waals surface area contributed by atoms with Crippen LogP contribution in [0.4, 0.5) is 27.9 Å². The van der Waals surface area contributed by atoms with E-state index in [2.05, 4.69) is 30.9 Å². The van der Waals surface area contributed by atoms with Gasteiger partial charge >= 0.3 is 0 Å². The van der Waals surface area contributed by atoms with Gasteiger partial charge in [0.1, 0.15) is 0 Å². The molecule has 9 heteroatoms. The minimum atomic E-state index is -0.445. The molecule has 3 N–H and O–H groups in total. The fourth-order valence-electron chi connectivity index (χ4n) is 4.06. The normalized spacial score (nSPS) is 18.3. The maximum Gasteiger partial charge on any atom is 0.233 e. The molecule has 0 bridgehead atoms. The molecular formula is C22H31FN6O2. The Morgan fingerprint density at radius 2 is 1.48 bits per heavy atom. The number of nitrogens with zero attached hydrogens (tertiary/aromatic N) is 3. The van der Waals surface area contributed by atoms with Crippen LogP contribution in [0.3, 0.4) is 0 Å². The predicted molar refractivity (Wildman–Crippen MR) is 119 cm³/mol. The second-order valence-corrected chi connectivity index (χ2v) is 8.14. The Labute approximate surface area is 182 Å². The fraction of sp³-hybridized carbons (Fsp3) is 0.591. The number of aromatic nitrogens is 3. The van der Waals surface area contributed by atoms with Gasteiger partial charge in [0.2, 0.25) is 17.8 Å². The zero-order valence-corrected chi connectivity index (χ0v) is 18.0.